The molecule has 1 aromatic carbocycles. The average Bonchev–Trinajstić information content (AvgIpc) is 2.23. The molecule has 0 spiro atoms. The number of aryl methyl sites for hydroxylation is 1. The summed E-state index contributed by atoms with van der Waals surface area (Å²) < 4.78 is 31.5. The number of rotatable bonds is 3. The zero-order chi connectivity index (χ0) is 13.2. The molecular weight excluding hydrogens is 230 g/mol. The van der Waals surface area contributed by atoms with Crippen LogP contribution in [0.3, 0.4) is 0 Å². The number of esters is 1. The molecule has 3 nitrogen and oxygen atoms in total. The van der Waals surface area contributed by atoms with Crippen LogP contribution in [0.15, 0.2) is 12.1 Å². The molecule has 0 fully saturated rings. The number of carbonyl (C=O) groups is 1. The number of ether oxygens (including phenoxy) is 1. The number of hydrogen-bond donors (Lipinski definition) is 1. The van der Waals surface area contributed by atoms with Crippen molar-refractivity contribution in [2.45, 2.75) is 26.4 Å². The first-order chi connectivity index (χ1) is 7.80. The van der Waals surface area contributed by atoms with Crippen LogP contribution >= 0.6 is 0 Å². The molecule has 5 heteroatoms. The van der Waals surface area contributed by atoms with E-state index in [1.165, 1.54) is 6.92 Å². The fourth-order valence-corrected chi connectivity index (χ4v) is 1.40. The van der Waals surface area contributed by atoms with E-state index in [2.05, 4.69) is 4.74 Å². The van der Waals surface area contributed by atoms with E-state index in [4.69, 9.17) is 0 Å². The lowest BCUT2D eigenvalue weighted by atomic mass is 9.94. The molecular formula is C12H14F2O3. The maximum absolute atomic E-state index is 13.6. The summed E-state index contributed by atoms with van der Waals surface area (Å²) >= 11 is 0. The van der Waals surface area contributed by atoms with Crippen molar-refractivity contribution in [2.24, 2.45) is 0 Å². The van der Waals surface area contributed by atoms with E-state index < -0.39 is 28.8 Å². The molecule has 0 aliphatic carbocycles. The van der Waals surface area contributed by atoms with Crippen molar-refractivity contribution in [3.05, 3.63) is 34.9 Å². The van der Waals surface area contributed by atoms with E-state index in [-0.39, 0.29) is 12.2 Å². The van der Waals surface area contributed by atoms with Crippen molar-refractivity contribution >= 4 is 5.97 Å². The van der Waals surface area contributed by atoms with Gasteiger partial charge in [-0.25, -0.2) is 13.6 Å². The Hall–Kier alpha value is -1.49. The third kappa shape index (κ3) is 2.61. The van der Waals surface area contributed by atoms with Gasteiger partial charge in [0, 0.05) is 5.56 Å². The molecule has 0 amide bonds. The molecule has 1 unspecified atom stereocenters. The van der Waals surface area contributed by atoms with Crippen LogP contribution in [0, 0.1) is 18.6 Å². The van der Waals surface area contributed by atoms with Gasteiger partial charge in [-0.1, -0.05) is 0 Å². The number of carbonyl (C=O) groups excluding carboxylic acids is 1. The van der Waals surface area contributed by atoms with E-state index in [1.54, 1.807) is 6.92 Å². The molecule has 94 valence electrons. The van der Waals surface area contributed by atoms with Crippen molar-refractivity contribution in [1.29, 1.82) is 0 Å². The zero-order valence-corrected chi connectivity index (χ0v) is 9.88. The number of halogens is 2. The van der Waals surface area contributed by atoms with Gasteiger partial charge in [0.25, 0.3) is 0 Å². The fraction of sp³-hybridized carbons (Fsp3) is 0.417. The second kappa shape index (κ2) is 4.79. The Kier molecular flexibility index (Phi) is 3.83. The Balaban J connectivity index is 3.23. The number of benzene rings is 1. The summed E-state index contributed by atoms with van der Waals surface area (Å²) in [6, 6.07) is 1.74. The van der Waals surface area contributed by atoms with Crippen LogP contribution in [-0.2, 0) is 15.1 Å². The minimum absolute atomic E-state index is 0.0466. The quantitative estimate of drug-likeness (QED) is 0.828. The molecule has 1 rings (SSSR count). The van der Waals surface area contributed by atoms with Crippen LogP contribution in [-0.4, -0.2) is 17.7 Å². The van der Waals surface area contributed by atoms with Crippen LogP contribution < -0.4 is 0 Å². The Morgan fingerprint density at radius 1 is 1.41 bits per heavy atom. The van der Waals surface area contributed by atoms with Gasteiger partial charge in [0.2, 0.25) is 0 Å². The van der Waals surface area contributed by atoms with E-state index >= 15 is 0 Å². The predicted octanol–water partition coefficient (Wildman–Crippen LogP) is 2.04. The summed E-state index contributed by atoms with van der Waals surface area (Å²) in [4.78, 5) is 11.5. The highest BCUT2D eigenvalue weighted by Gasteiger charge is 2.37. The Morgan fingerprint density at radius 2 is 2.00 bits per heavy atom. The average molecular weight is 244 g/mol. The van der Waals surface area contributed by atoms with Gasteiger partial charge in [0.05, 0.1) is 6.61 Å². The summed E-state index contributed by atoms with van der Waals surface area (Å²) in [5.41, 5.74) is -2.53. The standard InChI is InChI=1S/C12H14F2O3/c1-4-17-11(15)12(3,16)8-6-9(13)7(2)5-10(8)14/h5-6,16H,4H2,1-3H3. The molecule has 0 aliphatic rings. The highest BCUT2D eigenvalue weighted by molar-refractivity contribution is 5.80. The molecule has 0 saturated carbocycles. The highest BCUT2D eigenvalue weighted by Crippen LogP contribution is 2.27. The normalized spacial score (nSPS) is 14.2. The molecule has 0 bridgehead atoms. The minimum Gasteiger partial charge on any atom is -0.464 e. The smallest absolute Gasteiger partial charge is 0.342 e. The molecule has 0 radical (unpaired) electrons. The summed E-state index contributed by atoms with van der Waals surface area (Å²) in [6.45, 7) is 4.06. The first kappa shape index (κ1) is 13.6. The molecule has 17 heavy (non-hydrogen) atoms. The van der Waals surface area contributed by atoms with E-state index in [0.29, 0.717) is 0 Å². The molecule has 1 atom stereocenters. The lowest BCUT2D eigenvalue weighted by Gasteiger charge is -2.22. The second-order valence-electron chi connectivity index (χ2n) is 3.87. The van der Waals surface area contributed by atoms with Gasteiger partial charge in [-0.3, -0.25) is 0 Å². The van der Waals surface area contributed by atoms with Gasteiger partial charge >= 0.3 is 5.97 Å². The number of hydrogen-bond acceptors (Lipinski definition) is 3. The van der Waals surface area contributed by atoms with Gasteiger partial charge in [-0.05, 0) is 38.5 Å². The van der Waals surface area contributed by atoms with Crippen LogP contribution in [0.1, 0.15) is 25.0 Å². The molecule has 1 aromatic rings. The van der Waals surface area contributed by atoms with E-state index in [1.807, 2.05) is 0 Å². The number of aliphatic hydroxyl groups is 1. The van der Waals surface area contributed by atoms with Crippen LogP contribution in [0.25, 0.3) is 0 Å². The monoisotopic (exact) mass is 244 g/mol. The lowest BCUT2D eigenvalue weighted by Crippen LogP contribution is -2.35. The van der Waals surface area contributed by atoms with Crippen LogP contribution in [0.4, 0.5) is 8.78 Å². The lowest BCUT2D eigenvalue weighted by molar-refractivity contribution is -0.164. The summed E-state index contributed by atoms with van der Waals surface area (Å²) in [5, 5.41) is 9.90. The van der Waals surface area contributed by atoms with Crippen LogP contribution in [0.2, 0.25) is 0 Å². The highest BCUT2D eigenvalue weighted by atomic mass is 19.1. The Morgan fingerprint density at radius 3 is 2.53 bits per heavy atom. The van der Waals surface area contributed by atoms with Crippen LogP contribution in [0.5, 0.6) is 0 Å². The fourth-order valence-electron chi connectivity index (χ4n) is 1.40. The summed E-state index contributed by atoms with van der Waals surface area (Å²) in [6.07, 6.45) is 0. The third-order valence-corrected chi connectivity index (χ3v) is 2.45. The maximum Gasteiger partial charge on any atom is 0.342 e. The van der Waals surface area contributed by atoms with E-state index in [0.717, 1.165) is 19.1 Å². The van der Waals surface area contributed by atoms with Gasteiger partial charge < -0.3 is 9.84 Å². The van der Waals surface area contributed by atoms with Crippen molar-refractivity contribution < 1.29 is 23.4 Å². The van der Waals surface area contributed by atoms with Crippen molar-refractivity contribution in [1.82, 2.24) is 0 Å². The van der Waals surface area contributed by atoms with Gasteiger partial charge in [-0.15, -0.1) is 0 Å². The largest absolute Gasteiger partial charge is 0.464 e. The van der Waals surface area contributed by atoms with Gasteiger partial charge in [-0.2, -0.15) is 0 Å². The first-order valence-electron chi connectivity index (χ1n) is 5.16. The minimum atomic E-state index is -2.20. The Labute approximate surface area is 98.0 Å². The molecule has 0 heterocycles. The van der Waals surface area contributed by atoms with E-state index in [9.17, 15) is 18.7 Å². The predicted molar refractivity (Wildman–Crippen MR) is 57.3 cm³/mol. The van der Waals surface area contributed by atoms with Crippen molar-refractivity contribution in [2.75, 3.05) is 6.61 Å². The summed E-state index contributed by atoms with van der Waals surface area (Å²) in [7, 11) is 0. The topological polar surface area (TPSA) is 46.5 Å². The third-order valence-electron chi connectivity index (χ3n) is 2.45. The maximum atomic E-state index is 13.6. The van der Waals surface area contributed by atoms with Crippen molar-refractivity contribution in [3.63, 3.8) is 0 Å². The molecule has 1 N–H and O–H groups in total. The Bertz CT molecular complexity index is 442. The van der Waals surface area contributed by atoms with Crippen molar-refractivity contribution in [3.8, 4) is 0 Å². The van der Waals surface area contributed by atoms with Gasteiger partial charge in [0.15, 0.2) is 5.60 Å². The van der Waals surface area contributed by atoms with Gasteiger partial charge in [0.1, 0.15) is 11.6 Å². The molecule has 0 saturated heterocycles. The SMILES string of the molecule is CCOC(=O)C(C)(O)c1cc(F)c(C)cc1F. The zero-order valence-electron chi connectivity index (χ0n) is 9.88. The second-order valence-corrected chi connectivity index (χ2v) is 3.87. The molecule has 0 aliphatic heterocycles. The first-order valence-corrected chi connectivity index (χ1v) is 5.16. The molecule has 0 aromatic heterocycles. The summed E-state index contributed by atoms with van der Waals surface area (Å²) in [5.74, 6) is -2.55.